The predicted molar refractivity (Wildman–Crippen MR) is 89.3 cm³/mol. The molecular formula is C19H23NO2. The second-order valence-electron chi connectivity index (χ2n) is 5.91. The fourth-order valence-electron chi connectivity index (χ4n) is 3.30. The van der Waals surface area contributed by atoms with E-state index in [1.165, 1.54) is 10.8 Å². The molecule has 3 rings (SSSR count). The standard InChI is InChI=1S/C19H23NO2/c1-3-19(21)18-12-17(13-20(18)4-2)22-16-10-9-14-7-5-6-8-15(14)11-16/h5-11,17-18H,3-4,12-13H2,1-2H3. The highest BCUT2D eigenvalue weighted by Gasteiger charge is 2.35. The van der Waals surface area contributed by atoms with Crippen LogP contribution < -0.4 is 4.74 Å². The molecule has 0 radical (unpaired) electrons. The number of hydrogen-bond donors (Lipinski definition) is 0. The largest absolute Gasteiger partial charge is 0.489 e. The number of nitrogens with zero attached hydrogens (tertiary/aromatic N) is 1. The molecule has 0 saturated carbocycles. The summed E-state index contributed by atoms with van der Waals surface area (Å²) in [4.78, 5) is 14.3. The highest BCUT2D eigenvalue weighted by Crippen LogP contribution is 2.26. The van der Waals surface area contributed by atoms with Gasteiger partial charge in [0.05, 0.1) is 6.04 Å². The Bertz CT molecular complexity index is 667. The van der Waals surface area contributed by atoms with Crippen molar-refractivity contribution in [2.24, 2.45) is 0 Å². The van der Waals surface area contributed by atoms with E-state index in [-0.39, 0.29) is 12.1 Å². The van der Waals surface area contributed by atoms with Crippen LogP contribution in [0.25, 0.3) is 10.8 Å². The van der Waals surface area contributed by atoms with E-state index in [1.54, 1.807) is 0 Å². The third kappa shape index (κ3) is 3.00. The Morgan fingerprint density at radius 2 is 1.95 bits per heavy atom. The Morgan fingerprint density at radius 1 is 1.18 bits per heavy atom. The number of benzene rings is 2. The topological polar surface area (TPSA) is 29.5 Å². The van der Waals surface area contributed by atoms with E-state index in [0.717, 1.165) is 25.3 Å². The van der Waals surface area contributed by atoms with E-state index in [1.807, 2.05) is 25.1 Å². The van der Waals surface area contributed by atoms with Gasteiger partial charge in [-0.05, 0) is 29.4 Å². The number of Topliss-reactive ketones (excluding diaryl/α,β-unsaturated/α-hetero) is 1. The molecule has 1 heterocycles. The molecular weight excluding hydrogens is 274 g/mol. The van der Waals surface area contributed by atoms with Crippen molar-refractivity contribution in [3.8, 4) is 5.75 Å². The molecule has 22 heavy (non-hydrogen) atoms. The summed E-state index contributed by atoms with van der Waals surface area (Å²) < 4.78 is 6.15. The first-order valence-electron chi connectivity index (χ1n) is 8.13. The van der Waals surface area contributed by atoms with Gasteiger partial charge in [-0.25, -0.2) is 0 Å². The molecule has 1 aliphatic heterocycles. The minimum atomic E-state index is 0.0282. The van der Waals surface area contributed by atoms with Gasteiger partial charge in [0.2, 0.25) is 0 Å². The van der Waals surface area contributed by atoms with Crippen molar-refractivity contribution in [1.29, 1.82) is 0 Å². The van der Waals surface area contributed by atoms with Gasteiger partial charge in [-0.15, -0.1) is 0 Å². The number of rotatable bonds is 5. The summed E-state index contributed by atoms with van der Waals surface area (Å²) in [5.74, 6) is 1.22. The number of hydrogen-bond acceptors (Lipinski definition) is 3. The van der Waals surface area contributed by atoms with Crippen LogP contribution in [0.5, 0.6) is 5.75 Å². The zero-order valence-corrected chi connectivity index (χ0v) is 13.3. The van der Waals surface area contributed by atoms with Crippen molar-refractivity contribution in [1.82, 2.24) is 4.90 Å². The molecule has 0 aromatic heterocycles. The summed E-state index contributed by atoms with van der Waals surface area (Å²) in [6.07, 6.45) is 1.50. The Hall–Kier alpha value is -1.87. The zero-order valence-electron chi connectivity index (χ0n) is 13.3. The molecule has 0 aliphatic carbocycles. The molecule has 2 aromatic carbocycles. The van der Waals surface area contributed by atoms with Crippen LogP contribution in [0, 0.1) is 0 Å². The summed E-state index contributed by atoms with van der Waals surface area (Å²) in [5.41, 5.74) is 0. The molecule has 1 fully saturated rings. The number of likely N-dealkylation sites (N-methyl/N-ethyl adjacent to an activating group) is 1. The molecule has 0 N–H and O–H groups in total. The maximum atomic E-state index is 12.1. The average Bonchev–Trinajstić information content (AvgIpc) is 2.97. The summed E-state index contributed by atoms with van der Waals surface area (Å²) in [7, 11) is 0. The Kier molecular flexibility index (Phi) is 4.44. The number of ketones is 1. The van der Waals surface area contributed by atoms with E-state index in [9.17, 15) is 4.79 Å². The molecule has 3 heteroatoms. The van der Waals surface area contributed by atoms with Crippen molar-refractivity contribution in [3.05, 3.63) is 42.5 Å². The monoisotopic (exact) mass is 297 g/mol. The van der Waals surface area contributed by atoms with Crippen molar-refractivity contribution in [2.45, 2.75) is 38.8 Å². The van der Waals surface area contributed by atoms with Gasteiger partial charge in [0.1, 0.15) is 17.6 Å². The van der Waals surface area contributed by atoms with Gasteiger partial charge in [0.25, 0.3) is 0 Å². The summed E-state index contributed by atoms with van der Waals surface area (Å²) in [6, 6.07) is 14.5. The van der Waals surface area contributed by atoms with Crippen molar-refractivity contribution >= 4 is 16.6 Å². The maximum Gasteiger partial charge on any atom is 0.149 e. The lowest BCUT2D eigenvalue weighted by Gasteiger charge is -2.20. The van der Waals surface area contributed by atoms with Gasteiger partial charge in [-0.1, -0.05) is 44.2 Å². The number of fused-ring (bicyclic) bond motifs is 1. The lowest BCUT2D eigenvalue weighted by Crippen LogP contribution is -2.35. The third-order valence-electron chi connectivity index (χ3n) is 4.52. The minimum Gasteiger partial charge on any atom is -0.489 e. The van der Waals surface area contributed by atoms with Gasteiger partial charge < -0.3 is 4.74 Å². The lowest BCUT2D eigenvalue weighted by atomic mass is 10.1. The first-order valence-corrected chi connectivity index (χ1v) is 8.13. The fraction of sp³-hybridized carbons (Fsp3) is 0.421. The summed E-state index contributed by atoms with van der Waals surface area (Å²) in [5, 5.41) is 2.40. The zero-order chi connectivity index (χ0) is 15.5. The predicted octanol–water partition coefficient (Wildman–Crippen LogP) is 3.66. The Labute approximate surface area is 131 Å². The molecule has 3 nitrogen and oxygen atoms in total. The van der Waals surface area contributed by atoms with E-state index < -0.39 is 0 Å². The van der Waals surface area contributed by atoms with Crippen molar-refractivity contribution in [2.75, 3.05) is 13.1 Å². The summed E-state index contributed by atoms with van der Waals surface area (Å²) >= 11 is 0. The third-order valence-corrected chi connectivity index (χ3v) is 4.52. The van der Waals surface area contributed by atoms with Crippen LogP contribution in [0.15, 0.2) is 42.5 Å². The molecule has 0 amide bonds. The first kappa shape index (κ1) is 15.0. The fourth-order valence-corrected chi connectivity index (χ4v) is 3.30. The van der Waals surface area contributed by atoms with Crippen LogP contribution in [0.4, 0.5) is 0 Å². The van der Waals surface area contributed by atoms with E-state index in [0.29, 0.717) is 12.2 Å². The number of carbonyl (C=O) groups excluding carboxylic acids is 1. The van der Waals surface area contributed by atoms with E-state index in [4.69, 9.17) is 4.74 Å². The van der Waals surface area contributed by atoms with Crippen LogP contribution in [-0.4, -0.2) is 35.9 Å². The van der Waals surface area contributed by atoms with Gasteiger partial charge >= 0.3 is 0 Å². The number of ether oxygens (including phenoxy) is 1. The van der Waals surface area contributed by atoms with Gasteiger partial charge in [0, 0.05) is 19.4 Å². The molecule has 2 atom stereocenters. The molecule has 2 unspecified atom stereocenters. The number of likely N-dealkylation sites (tertiary alicyclic amines) is 1. The van der Waals surface area contributed by atoms with Crippen molar-refractivity contribution < 1.29 is 9.53 Å². The second-order valence-corrected chi connectivity index (χ2v) is 5.91. The van der Waals surface area contributed by atoms with Gasteiger partial charge in [-0.2, -0.15) is 0 Å². The molecule has 2 aromatic rings. The molecule has 116 valence electrons. The quantitative estimate of drug-likeness (QED) is 0.843. The smallest absolute Gasteiger partial charge is 0.149 e. The Balaban J connectivity index is 1.73. The minimum absolute atomic E-state index is 0.0282. The highest BCUT2D eigenvalue weighted by atomic mass is 16.5. The van der Waals surface area contributed by atoms with Crippen LogP contribution in [0.1, 0.15) is 26.7 Å². The van der Waals surface area contributed by atoms with Crippen LogP contribution in [0.2, 0.25) is 0 Å². The lowest BCUT2D eigenvalue weighted by molar-refractivity contribution is -0.123. The normalized spacial score (nSPS) is 22.1. The average molecular weight is 297 g/mol. The molecule has 1 saturated heterocycles. The maximum absolute atomic E-state index is 12.1. The van der Waals surface area contributed by atoms with Crippen LogP contribution in [0.3, 0.4) is 0 Å². The van der Waals surface area contributed by atoms with Gasteiger partial charge in [-0.3, -0.25) is 9.69 Å². The van der Waals surface area contributed by atoms with E-state index in [2.05, 4.69) is 36.1 Å². The van der Waals surface area contributed by atoms with Crippen molar-refractivity contribution in [3.63, 3.8) is 0 Å². The summed E-state index contributed by atoms with van der Waals surface area (Å²) in [6.45, 7) is 5.77. The van der Waals surface area contributed by atoms with Gasteiger partial charge in [0.15, 0.2) is 0 Å². The molecule has 1 aliphatic rings. The van der Waals surface area contributed by atoms with Crippen LogP contribution in [-0.2, 0) is 4.79 Å². The SMILES string of the molecule is CCC(=O)C1CC(Oc2ccc3ccccc3c2)CN1CC. The molecule has 0 bridgehead atoms. The number of carbonyl (C=O) groups is 1. The second kappa shape index (κ2) is 6.49. The van der Waals surface area contributed by atoms with E-state index >= 15 is 0 Å². The van der Waals surface area contributed by atoms with Crippen LogP contribution >= 0.6 is 0 Å². The Morgan fingerprint density at radius 3 is 2.68 bits per heavy atom. The first-order chi connectivity index (χ1) is 10.7. The molecule has 0 spiro atoms. The highest BCUT2D eigenvalue weighted by molar-refractivity contribution is 5.84.